The summed E-state index contributed by atoms with van der Waals surface area (Å²) in [6, 6.07) is 0. The number of sulfonamides is 1. The lowest BCUT2D eigenvalue weighted by Gasteiger charge is -2.08. The number of fused-ring (bicyclic) bond motifs is 1. The zero-order valence-electron chi connectivity index (χ0n) is 9.39. The highest BCUT2D eigenvalue weighted by molar-refractivity contribution is 7.89. The standard InChI is InChI=1S/C7H10N6O3S/c1-11(2)17(15,16)6-5-9-10-12(3)7(14)13(5)4-8-6/h4H,1-3H3. The minimum absolute atomic E-state index is 0.0817. The van der Waals surface area contributed by atoms with Crippen LogP contribution in [0.1, 0.15) is 0 Å². The third-order valence-electron chi connectivity index (χ3n) is 2.19. The van der Waals surface area contributed by atoms with Crippen molar-refractivity contribution in [3.8, 4) is 0 Å². The van der Waals surface area contributed by atoms with Gasteiger partial charge in [-0.05, 0) is 0 Å². The van der Waals surface area contributed by atoms with E-state index in [0.717, 1.165) is 19.7 Å². The summed E-state index contributed by atoms with van der Waals surface area (Å²) in [5.74, 6) is 0. The molecule has 2 rings (SSSR count). The molecule has 0 saturated heterocycles. The van der Waals surface area contributed by atoms with Gasteiger partial charge in [0.2, 0.25) is 10.7 Å². The first kappa shape index (κ1) is 11.7. The van der Waals surface area contributed by atoms with Crippen LogP contribution in [-0.2, 0) is 17.1 Å². The number of hydrogen-bond acceptors (Lipinski definition) is 6. The maximum absolute atomic E-state index is 11.9. The van der Waals surface area contributed by atoms with E-state index in [4.69, 9.17) is 0 Å². The average molecular weight is 258 g/mol. The summed E-state index contributed by atoms with van der Waals surface area (Å²) in [4.78, 5) is 15.3. The highest BCUT2D eigenvalue weighted by Crippen LogP contribution is 2.13. The molecule has 0 atom stereocenters. The van der Waals surface area contributed by atoms with Crippen molar-refractivity contribution < 1.29 is 8.42 Å². The molecule has 0 bridgehead atoms. The van der Waals surface area contributed by atoms with E-state index in [-0.39, 0.29) is 10.7 Å². The second-order valence-electron chi connectivity index (χ2n) is 3.53. The first-order valence-electron chi connectivity index (χ1n) is 4.55. The largest absolute Gasteiger partial charge is 0.352 e. The Hall–Kier alpha value is -1.81. The third-order valence-corrected chi connectivity index (χ3v) is 3.93. The molecule has 17 heavy (non-hydrogen) atoms. The molecule has 0 spiro atoms. The molecule has 2 aromatic rings. The molecule has 0 fully saturated rings. The van der Waals surface area contributed by atoms with Crippen molar-refractivity contribution in [1.29, 1.82) is 0 Å². The van der Waals surface area contributed by atoms with Gasteiger partial charge < -0.3 is 0 Å². The van der Waals surface area contributed by atoms with E-state index >= 15 is 0 Å². The lowest BCUT2D eigenvalue weighted by atomic mass is 10.8. The molecule has 0 aromatic carbocycles. The Morgan fingerprint density at radius 3 is 2.59 bits per heavy atom. The van der Waals surface area contributed by atoms with Gasteiger partial charge in [0.05, 0.1) is 0 Å². The van der Waals surface area contributed by atoms with Crippen molar-refractivity contribution in [2.75, 3.05) is 14.1 Å². The molecule has 0 unspecified atom stereocenters. The van der Waals surface area contributed by atoms with Crippen LogP contribution < -0.4 is 5.69 Å². The number of hydrogen-bond donors (Lipinski definition) is 0. The summed E-state index contributed by atoms with van der Waals surface area (Å²) in [6.07, 6.45) is 1.11. The summed E-state index contributed by atoms with van der Waals surface area (Å²) in [6.45, 7) is 0. The smallest absolute Gasteiger partial charge is 0.245 e. The van der Waals surface area contributed by atoms with Gasteiger partial charge in [-0.15, -0.1) is 5.10 Å². The maximum Gasteiger partial charge on any atom is 0.352 e. The van der Waals surface area contributed by atoms with Gasteiger partial charge in [0.15, 0.2) is 0 Å². The van der Waals surface area contributed by atoms with Crippen LogP contribution in [0.15, 0.2) is 16.1 Å². The predicted molar refractivity (Wildman–Crippen MR) is 56.9 cm³/mol. The summed E-state index contributed by atoms with van der Waals surface area (Å²) < 4.78 is 26.8. The Bertz CT molecular complexity index is 728. The summed E-state index contributed by atoms with van der Waals surface area (Å²) >= 11 is 0. The zero-order valence-corrected chi connectivity index (χ0v) is 10.2. The predicted octanol–water partition coefficient (Wildman–Crippen LogP) is -1.93. The molecule has 10 heteroatoms. The quantitative estimate of drug-likeness (QED) is 0.621. The van der Waals surface area contributed by atoms with E-state index in [1.807, 2.05) is 0 Å². The fourth-order valence-corrected chi connectivity index (χ4v) is 2.11. The number of rotatable bonds is 2. The van der Waals surface area contributed by atoms with E-state index in [2.05, 4.69) is 15.3 Å². The normalized spacial score (nSPS) is 12.5. The number of nitrogens with zero attached hydrogens (tertiary/aromatic N) is 6. The first-order chi connectivity index (χ1) is 7.85. The Kier molecular flexibility index (Phi) is 2.47. The van der Waals surface area contributed by atoms with Gasteiger partial charge in [0.25, 0.3) is 10.0 Å². The van der Waals surface area contributed by atoms with Crippen molar-refractivity contribution >= 4 is 15.7 Å². The zero-order chi connectivity index (χ0) is 12.8. The van der Waals surface area contributed by atoms with Gasteiger partial charge in [-0.1, -0.05) is 5.21 Å². The Morgan fingerprint density at radius 2 is 2.00 bits per heavy atom. The van der Waals surface area contributed by atoms with Crippen LogP contribution in [-0.4, -0.2) is 51.2 Å². The highest BCUT2D eigenvalue weighted by Gasteiger charge is 2.25. The van der Waals surface area contributed by atoms with E-state index < -0.39 is 15.7 Å². The summed E-state index contributed by atoms with van der Waals surface area (Å²) in [5, 5.41) is 6.90. The molecule has 0 amide bonds. The molecule has 2 aromatic heterocycles. The second kappa shape index (κ2) is 3.60. The third kappa shape index (κ3) is 1.61. The van der Waals surface area contributed by atoms with Crippen molar-refractivity contribution in [1.82, 2.24) is 28.7 Å². The minimum Gasteiger partial charge on any atom is -0.245 e. The van der Waals surface area contributed by atoms with E-state index in [1.54, 1.807) is 0 Å². The molecular weight excluding hydrogens is 248 g/mol. The molecule has 92 valence electrons. The van der Waals surface area contributed by atoms with Crippen LogP contribution in [0.3, 0.4) is 0 Å². The minimum atomic E-state index is -3.74. The fraction of sp³-hybridized carbons (Fsp3) is 0.429. The molecule has 9 nitrogen and oxygen atoms in total. The van der Waals surface area contributed by atoms with Crippen molar-refractivity contribution in [3.05, 3.63) is 16.8 Å². The van der Waals surface area contributed by atoms with Gasteiger partial charge in [0, 0.05) is 21.1 Å². The van der Waals surface area contributed by atoms with Gasteiger partial charge in [0.1, 0.15) is 6.33 Å². The Morgan fingerprint density at radius 1 is 1.35 bits per heavy atom. The number of aryl methyl sites for hydroxylation is 1. The molecule has 2 heterocycles. The van der Waals surface area contributed by atoms with Gasteiger partial charge in [-0.25, -0.2) is 26.9 Å². The summed E-state index contributed by atoms with van der Waals surface area (Å²) in [5.41, 5.74) is -0.593. The van der Waals surface area contributed by atoms with E-state index in [0.29, 0.717) is 0 Å². The molecule has 0 aliphatic heterocycles. The Labute approximate surface area is 96.4 Å². The maximum atomic E-state index is 11.9. The van der Waals surface area contributed by atoms with E-state index in [1.165, 1.54) is 21.1 Å². The molecule has 0 aliphatic carbocycles. The first-order valence-corrected chi connectivity index (χ1v) is 5.99. The molecule has 0 N–H and O–H groups in total. The highest BCUT2D eigenvalue weighted by atomic mass is 32.2. The lowest BCUT2D eigenvalue weighted by molar-refractivity contribution is 0.517. The average Bonchev–Trinajstić information content (AvgIpc) is 2.68. The molecule has 0 aliphatic rings. The van der Waals surface area contributed by atoms with Crippen molar-refractivity contribution in [3.63, 3.8) is 0 Å². The van der Waals surface area contributed by atoms with Crippen LogP contribution >= 0.6 is 0 Å². The molecule has 0 radical (unpaired) electrons. The van der Waals surface area contributed by atoms with Crippen LogP contribution in [0.5, 0.6) is 0 Å². The monoisotopic (exact) mass is 258 g/mol. The lowest BCUT2D eigenvalue weighted by Crippen LogP contribution is -2.28. The van der Waals surface area contributed by atoms with Crippen LogP contribution in [0.25, 0.3) is 5.65 Å². The van der Waals surface area contributed by atoms with E-state index in [9.17, 15) is 13.2 Å². The summed E-state index contributed by atoms with van der Waals surface area (Å²) in [7, 11) is 0.413. The molecular formula is C7H10N6O3S. The SMILES string of the molecule is CN(C)S(=O)(=O)c1ncn2c(=O)n(C)nnc12. The second-order valence-corrected chi connectivity index (χ2v) is 5.59. The van der Waals surface area contributed by atoms with Crippen LogP contribution in [0.4, 0.5) is 0 Å². The number of aromatic nitrogens is 5. The molecule has 0 saturated carbocycles. The number of imidazole rings is 1. The van der Waals surface area contributed by atoms with Gasteiger partial charge >= 0.3 is 5.69 Å². The van der Waals surface area contributed by atoms with Crippen LogP contribution in [0.2, 0.25) is 0 Å². The van der Waals surface area contributed by atoms with Crippen molar-refractivity contribution in [2.24, 2.45) is 7.05 Å². The van der Waals surface area contributed by atoms with Gasteiger partial charge in [-0.3, -0.25) is 0 Å². The fourth-order valence-electron chi connectivity index (χ4n) is 1.22. The topological polar surface area (TPSA) is 102 Å². The Balaban J connectivity index is 2.84. The van der Waals surface area contributed by atoms with Gasteiger partial charge in [-0.2, -0.15) is 4.68 Å². The van der Waals surface area contributed by atoms with Crippen molar-refractivity contribution in [2.45, 2.75) is 5.03 Å². The van der Waals surface area contributed by atoms with Crippen LogP contribution in [0, 0.1) is 0 Å².